The largest absolute Gasteiger partial charge is 0.386 e. The molecule has 2 aromatic rings. The molecule has 0 aliphatic heterocycles. The summed E-state index contributed by atoms with van der Waals surface area (Å²) in [6, 6.07) is 11.9. The van der Waals surface area contributed by atoms with Gasteiger partial charge in [-0.3, -0.25) is 0 Å². The molecule has 0 saturated heterocycles. The second-order valence-electron chi connectivity index (χ2n) is 5.72. The highest BCUT2D eigenvalue weighted by Gasteiger charge is 2.18. The van der Waals surface area contributed by atoms with Gasteiger partial charge >= 0.3 is 6.03 Å². The molecule has 2 amide bonds. The fourth-order valence-electron chi connectivity index (χ4n) is 2.31. The molecule has 6 heteroatoms. The molecule has 0 aliphatic carbocycles. The van der Waals surface area contributed by atoms with E-state index in [9.17, 15) is 14.3 Å². The summed E-state index contributed by atoms with van der Waals surface area (Å²) < 4.78 is 18.2. The molecule has 0 aromatic heterocycles. The number of carbonyl (C=O) groups is 1. The van der Waals surface area contributed by atoms with Crippen LogP contribution in [0.25, 0.3) is 0 Å². The molecule has 0 spiro atoms. The van der Waals surface area contributed by atoms with Gasteiger partial charge in [-0.2, -0.15) is 0 Å². The number of rotatable bonds is 7. The van der Waals surface area contributed by atoms with E-state index in [-0.39, 0.29) is 5.82 Å². The number of aliphatic hydroxyl groups is 1. The van der Waals surface area contributed by atoms with Crippen LogP contribution in [0.5, 0.6) is 0 Å². The molecule has 25 heavy (non-hydrogen) atoms. The van der Waals surface area contributed by atoms with Gasteiger partial charge in [0.1, 0.15) is 5.82 Å². The van der Waals surface area contributed by atoms with Crippen molar-refractivity contribution in [1.29, 1.82) is 0 Å². The number of halogens is 1. The Labute approximate surface area is 146 Å². The highest BCUT2D eigenvalue weighted by atomic mass is 19.1. The molecule has 0 heterocycles. The Kier molecular flexibility index (Phi) is 6.91. The Bertz CT molecular complexity index is 674. The molecule has 0 bridgehead atoms. The first kappa shape index (κ1) is 18.9. The first-order chi connectivity index (χ1) is 12.0. The Morgan fingerprint density at radius 1 is 1.16 bits per heavy atom. The number of urea groups is 1. The molecule has 2 atom stereocenters. The van der Waals surface area contributed by atoms with E-state index in [0.717, 1.165) is 5.56 Å². The lowest BCUT2D eigenvalue weighted by atomic mass is 10.0. The summed E-state index contributed by atoms with van der Waals surface area (Å²) in [6.07, 6.45) is -0.931. The predicted molar refractivity (Wildman–Crippen MR) is 94.7 cm³/mol. The van der Waals surface area contributed by atoms with Crippen molar-refractivity contribution in [3.63, 3.8) is 0 Å². The zero-order valence-corrected chi connectivity index (χ0v) is 14.3. The lowest BCUT2D eigenvalue weighted by Gasteiger charge is -2.21. The molecule has 3 N–H and O–H groups in total. The Morgan fingerprint density at radius 2 is 1.80 bits per heavy atom. The Morgan fingerprint density at radius 3 is 2.40 bits per heavy atom. The fraction of sp³-hybridized carbons (Fsp3) is 0.316. The standard InChI is InChI=1S/C19H23FN2O3/c1-3-25-12-14-4-10-17(11-5-14)22-19(24)21-13(2)18(23)15-6-8-16(20)9-7-15/h4-11,13,18,23H,3,12H2,1-2H3,(H2,21,22,24). The van der Waals surface area contributed by atoms with Crippen molar-refractivity contribution in [2.24, 2.45) is 0 Å². The van der Waals surface area contributed by atoms with Crippen LogP contribution in [0.4, 0.5) is 14.9 Å². The highest BCUT2D eigenvalue weighted by Crippen LogP contribution is 2.17. The van der Waals surface area contributed by atoms with Crippen molar-refractivity contribution >= 4 is 11.7 Å². The maximum Gasteiger partial charge on any atom is 0.319 e. The first-order valence-corrected chi connectivity index (χ1v) is 8.17. The molecule has 0 aliphatic rings. The molecule has 0 radical (unpaired) electrons. The predicted octanol–water partition coefficient (Wildman–Crippen LogP) is 3.61. The summed E-state index contributed by atoms with van der Waals surface area (Å²) in [6.45, 7) is 4.79. The number of carbonyl (C=O) groups excluding carboxylic acids is 1. The first-order valence-electron chi connectivity index (χ1n) is 8.17. The topological polar surface area (TPSA) is 70.6 Å². The quantitative estimate of drug-likeness (QED) is 0.717. The average molecular weight is 346 g/mol. The van der Waals surface area contributed by atoms with Gasteiger partial charge in [0.2, 0.25) is 0 Å². The number of aliphatic hydroxyl groups excluding tert-OH is 1. The van der Waals surface area contributed by atoms with E-state index in [0.29, 0.717) is 24.5 Å². The lowest BCUT2D eigenvalue weighted by molar-refractivity contribution is 0.134. The summed E-state index contributed by atoms with van der Waals surface area (Å²) in [5.41, 5.74) is 2.20. The molecule has 134 valence electrons. The molecule has 2 rings (SSSR count). The number of nitrogens with one attached hydrogen (secondary N) is 2. The van der Waals surface area contributed by atoms with E-state index in [2.05, 4.69) is 10.6 Å². The van der Waals surface area contributed by atoms with Crippen LogP contribution in [-0.4, -0.2) is 23.8 Å². The van der Waals surface area contributed by atoms with Gasteiger partial charge in [-0.15, -0.1) is 0 Å². The van der Waals surface area contributed by atoms with Gasteiger partial charge in [0.05, 0.1) is 18.8 Å². The smallest absolute Gasteiger partial charge is 0.319 e. The van der Waals surface area contributed by atoms with Crippen LogP contribution < -0.4 is 10.6 Å². The van der Waals surface area contributed by atoms with Gasteiger partial charge in [-0.1, -0.05) is 24.3 Å². The highest BCUT2D eigenvalue weighted by molar-refractivity contribution is 5.89. The number of amides is 2. The van der Waals surface area contributed by atoms with Crippen LogP contribution >= 0.6 is 0 Å². The minimum absolute atomic E-state index is 0.373. The van der Waals surface area contributed by atoms with Gasteiger partial charge in [0.25, 0.3) is 0 Å². The molecular weight excluding hydrogens is 323 g/mol. The molecular formula is C19H23FN2O3. The minimum atomic E-state index is -0.931. The summed E-state index contributed by atoms with van der Waals surface area (Å²) in [5.74, 6) is -0.373. The SMILES string of the molecule is CCOCc1ccc(NC(=O)NC(C)C(O)c2ccc(F)cc2)cc1. The normalized spacial score (nSPS) is 13.1. The van der Waals surface area contributed by atoms with Crippen molar-refractivity contribution in [2.45, 2.75) is 32.6 Å². The maximum atomic E-state index is 12.9. The van der Waals surface area contributed by atoms with Crippen molar-refractivity contribution in [2.75, 3.05) is 11.9 Å². The van der Waals surface area contributed by atoms with Crippen LogP contribution in [0.3, 0.4) is 0 Å². The van der Waals surface area contributed by atoms with Crippen molar-refractivity contribution < 1.29 is 19.0 Å². The maximum absolute atomic E-state index is 12.9. The summed E-state index contributed by atoms with van der Waals surface area (Å²) in [4.78, 5) is 12.1. The molecule has 2 unspecified atom stereocenters. The van der Waals surface area contributed by atoms with Crippen LogP contribution in [0.15, 0.2) is 48.5 Å². The summed E-state index contributed by atoms with van der Waals surface area (Å²) >= 11 is 0. The van der Waals surface area contributed by atoms with E-state index in [1.807, 2.05) is 19.1 Å². The van der Waals surface area contributed by atoms with E-state index in [4.69, 9.17) is 4.74 Å². The van der Waals surface area contributed by atoms with E-state index < -0.39 is 18.2 Å². The minimum Gasteiger partial charge on any atom is -0.386 e. The second-order valence-corrected chi connectivity index (χ2v) is 5.72. The summed E-state index contributed by atoms with van der Waals surface area (Å²) in [7, 11) is 0. The third-order valence-electron chi connectivity index (χ3n) is 3.73. The van der Waals surface area contributed by atoms with E-state index in [1.54, 1.807) is 19.1 Å². The van der Waals surface area contributed by atoms with Gasteiger partial charge in [0, 0.05) is 12.3 Å². The number of hydrogen-bond donors (Lipinski definition) is 3. The average Bonchev–Trinajstić information content (AvgIpc) is 2.61. The zero-order valence-electron chi connectivity index (χ0n) is 14.3. The molecule has 2 aromatic carbocycles. The summed E-state index contributed by atoms with van der Waals surface area (Å²) in [5, 5.41) is 15.6. The van der Waals surface area contributed by atoms with E-state index in [1.165, 1.54) is 24.3 Å². The fourth-order valence-corrected chi connectivity index (χ4v) is 2.31. The van der Waals surface area contributed by atoms with Crippen LogP contribution in [0, 0.1) is 5.82 Å². The van der Waals surface area contributed by atoms with Crippen LogP contribution in [-0.2, 0) is 11.3 Å². The van der Waals surface area contributed by atoms with Crippen molar-refractivity contribution in [1.82, 2.24) is 5.32 Å². The van der Waals surface area contributed by atoms with Crippen molar-refractivity contribution in [3.8, 4) is 0 Å². The van der Waals surface area contributed by atoms with Gasteiger partial charge < -0.3 is 20.5 Å². The third kappa shape index (κ3) is 5.85. The Balaban J connectivity index is 1.87. The molecule has 0 fully saturated rings. The van der Waals surface area contributed by atoms with Gasteiger partial charge in [-0.25, -0.2) is 9.18 Å². The number of anilines is 1. The van der Waals surface area contributed by atoms with E-state index >= 15 is 0 Å². The molecule has 0 saturated carbocycles. The van der Waals surface area contributed by atoms with Crippen LogP contribution in [0.1, 0.15) is 31.1 Å². The third-order valence-corrected chi connectivity index (χ3v) is 3.73. The van der Waals surface area contributed by atoms with Crippen molar-refractivity contribution in [3.05, 3.63) is 65.5 Å². The number of benzene rings is 2. The zero-order chi connectivity index (χ0) is 18.2. The number of ether oxygens (including phenoxy) is 1. The number of hydrogen-bond acceptors (Lipinski definition) is 3. The Hall–Kier alpha value is -2.44. The van der Waals surface area contributed by atoms with Crippen LogP contribution in [0.2, 0.25) is 0 Å². The lowest BCUT2D eigenvalue weighted by Crippen LogP contribution is -2.39. The monoisotopic (exact) mass is 346 g/mol. The second kappa shape index (κ2) is 9.15. The van der Waals surface area contributed by atoms with Gasteiger partial charge in [-0.05, 0) is 49.2 Å². The van der Waals surface area contributed by atoms with Gasteiger partial charge in [0.15, 0.2) is 0 Å². The molecule has 5 nitrogen and oxygen atoms in total.